The van der Waals surface area contributed by atoms with E-state index >= 15 is 0 Å². The van der Waals surface area contributed by atoms with E-state index < -0.39 is 0 Å². The molecule has 0 atom stereocenters. The van der Waals surface area contributed by atoms with E-state index in [1.54, 1.807) is 22.5 Å². The average Bonchev–Trinajstić information content (AvgIpc) is 2.40. The van der Waals surface area contributed by atoms with Crippen LogP contribution in [0.25, 0.3) is 0 Å². The standard InChI is InChI=1S/C4H7.3C3H7O.Sn/c1-3-4-2;3*1-2-3-4;/h3H,1-2,4H2;3*2-3H2,1H3;/q;3*-1;+3. The molecule has 0 bridgehead atoms. The first-order valence-electron chi connectivity index (χ1n) is 6.16. The van der Waals surface area contributed by atoms with E-state index in [1.165, 1.54) is 10.9 Å². The van der Waals surface area contributed by atoms with Crippen molar-refractivity contribution in [1.82, 2.24) is 0 Å². The van der Waals surface area contributed by atoms with Gasteiger partial charge in [0.2, 0.25) is 0 Å². The molecule has 3 nitrogen and oxygen atoms in total. The Morgan fingerprint density at radius 1 is 0.882 bits per heavy atom. The summed E-state index contributed by atoms with van der Waals surface area (Å²) >= 11 is 1.61. The van der Waals surface area contributed by atoms with Crippen LogP contribution in [0.5, 0.6) is 0 Å². The predicted molar refractivity (Wildman–Crippen MR) is 70.8 cm³/mol. The van der Waals surface area contributed by atoms with E-state index in [2.05, 4.69) is 6.58 Å². The molecule has 0 amide bonds. The van der Waals surface area contributed by atoms with Gasteiger partial charge in [-0.25, -0.2) is 0 Å². The summed E-state index contributed by atoms with van der Waals surface area (Å²) in [5, 5.41) is 27.9. The zero-order valence-corrected chi connectivity index (χ0v) is 14.5. The van der Waals surface area contributed by atoms with Gasteiger partial charge in [0.1, 0.15) is 0 Å². The molecule has 0 aromatic carbocycles. The van der Waals surface area contributed by atoms with Gasteiger partial charge in [-0.1, -0.05) is 40.0 Å². The van der Waals surface area contributed by atoms with E-state index in [0.717, 1.165) is 19.3 Å². The SMILES string of the molecule is C=CC[CH2][Sn+3].CCC[O-].CCC[O-].CCC[O-]. The minimum Gasteiger partial charge on any atom is -0.854 e. The third-order valence-corrected chi connectivity index (χ3v) is 1.78. The van der Waals surface area contributed by atoms with Crippen LogP contribution in [-0.4, -0.2) is 42.3 Å². The minimum absolute atomic E-state index is 0.0694. The average molecular weight is 351 g/mol. The van der Waals surface area contributed by atoms with Gasteiger partial charge in [0, 0.05) is 0 Å². The number of rotatable bonds is 5. The van der Waals surface area contributed by atoms with Crippen LogP contribution in [0.4, 0.5) is 0 Å². The molecule has 0 fully saturated rings. The molecule has 0 unspecified atom stereocenters. The van der Waals surface area contributed by atoms with Crippen LogP contribution < -0.4 is 15.3 Å². The Hall–Kier alpha value is 0.419. The first-order valence-corrected chi connectivity index (χ1v) is 8.18. The quantitative estimate of drug-likeness (QED) is 0.533. The van der Waals surface area contributed by atoms with Gasteiger partial charge >= 0.3 is 46.0 Å². The summed E-state index contributed by atoms with van der Waals surface area (Å²) in [7, 11) is 0. The molecule has 4 heteroatoms. The molecule has 17 heavy (non-hydrogen) atoms. The van der Waals surface area contributed by atoms with E-state index in [-0.39, 0.29) is 19.8 Å². The Labute approximate surface area is 121 Å². The van der Waals surface area contributed by atoms with Crippen LogP contribution in [-0.2, 0) is 0 Å². The van der Waals surface area contributed by atoms with Gasteiger partial charge in [0.25, 0.3) is 0 Å². The second-order valence-corrected chi connectivity index (χ2v) is 4.37. The zero-order valence-electron chi connectivity index (χ0n) is 11.7. The van der Waals surface area contributed by atoms with E-state index in [9.17, 15) is 15.3 Å². The maximum atomic E-state index is 9.30. The van der Waals surface area contributed by atoms with Crippen molar-refractivity contribution in [2.75, 3.05) is 19.8 Å². The fourth-order valence-electron chi connectivity index (χ4n) is 0.102. The fourth-order valence-corrected chi connectivity index (χ4v) is 0.685. The summed E-state index contributed by atoms with van der Waals surface area (Å²) in [5.41, 5.74) is 0. The van der Waals surface area contributed by atoms with Gasteiger partial charge < -0.3 is 15.3 Å². The first-order chi connectivity index (χ1) is 8.16. The molecule has 0 heterocycles. The first kappa shape index (κ1) is 26.1. The Balaban J connectivity index is -0.0000000667. The molecule has 0 aliphatic rings. The summed E-state index contributed by atoms with van der Waals surface area (Å²) in [6.45, 7) is 9.38. The van der Waals surface area contributed by atoms with Crippen molar-refractivity contribution >= 4 is 22.5 Å². The number of hydrogen-bond acceptors (Lipinski definition) is 3. The van der Waals surface area contributed by atoms with Crippen LogP contribution in [0.1, 0.15) is 46.5 Å². The molecule has 0 aromatic rings. The molecule has 0 aromatic heterocycles. The van der Waals surface area contributed by atoms with Gasteiger partial charge in [-0.3, -0.25) is 0 Å². The second-order valence-electron chi connectivity index (χ2n) is 2.94. The van der Waals surface area contributed by atoms with Crippen molar-refractivity contribution in [2.45, 2.75) is 50.9 Å². The minimum atomic E-state index is 0.0694. The van der Waals surface area contributed by atoms with Crippen molar-refractivity contribution in [3.8, 4) is 0 Å². The van der Waals surface area contributed by atoms with Crippen LogP contribution >= 0.6 is 0 Å². The van der Waals surface area contributed by atoms with Gasteiger partial charge in [-0.05, 0) is 0 Å². The van der Waals surface area contributed by atoms with Crippen LogP contribution in [0.15, 0.2) is 12.7 Å². The summed E-state index contributed by atoms with van der Waals surface area (Å²) in [6, 6.07) is 0. The molecule has 102 valence electrons. The van der Waals surface area contributed by atoms with Crippen molar-refractivity contribution < 1.29 is 15.3 Å². The van der Waals surface area contributed by atoms with Crippen molar-refractivity contribution in [3.05, 3.63) is 12.7 Å². The third-order valence-electron chi connectivity index (χ3n) is 0.961. The molecule has 0 radical (unpaired) electrons. The Morgan fingerprint density at radius 2 is 1.12 bits per heavy atom. The van der Waals surface area contributed by atoms with Gasteiger partial charge in [0.05, 0.1) is 0 Å². The molecule has 0 saturated carbocycles. The predicted octanol–water partition coefficient (Wildman–Crippen LogP) is 0.419. The molecule has 0 aliphatic heterocycles. The van der Waals surface area contributed by atoms with E-state index in [1.807, 2.05) is 26.8 Å². The summed E-state index contributed by atoms with van der Waals surface area (Å²) in [4.78, 5) is 0. The van der Waals surface area contributed by atoms with Crippen molar-refractivity contribution in [3.63, 3.8) is 0 Å². The molecule has 0 N–H and O–H groups in total. The zero-order chi connectivity index (χ0) is 14.4. The molecular formula is C13H28O3Sn. The Bertz CT molecular complexity index is 75.2. The monoisotopic (exact) mass is 352 g/mol. The normalized spacial score (nSPS) is 7.53. The van der Waals surface area contributed by atoms with E-state index in [4.69, 9.17) is 0 Å². The number of hydrogen-bond donors (Lipinski definition) is 0. The molecule has 0 saturated heterocycles. The summed E-state index contributed by atoms with van der Waals surface area (Å²) < 4.78 is 1.32. The van der Waals surface area contributed by atoms with Gasteiger partial charge in [-0.2, -0.15) is 0 Å². The fraction of sp³-hybridized carbons (Fsp3) is 0.846. The van der Waals surface area contributed by atoms with Crippen LogP contribution in [0, 0.1) is 0 Å². The number of allylic oxidation sites excluding steroid dienone is 1. The molecule has 0 aliphatic carbocycles. The third kappa shape index (κ3) is 116. The van der Waals surface area contributed by atoms with Crippen molar-refractivity contribution in [1.29, 1.82) is 0 Å². The van der Waals surface area contributed by atoms with Crippen molar-refractivity contribution in [2.24, 2.45) is 0 Å². The van der Waals surface area contributed by atoms with Crippen LogP contribution in [0.3, 0.4) is 0 Å². The van der Waals surface area contributed by atoms with Crippen LogP contribution in [0.2, 0.25) is 4.44 Å². The second kappa shape index (κ2) is 44.0. The Kier molecular flexibility index (Phi) is 67.5. The summed E-state index contributed by atoms with van der Waals surface area (Å²) in [6.07, 6.45) is 5.44. The van der Waals surface area contributed by atoms with Gasteiger partial charge in [0.15, 0.2) is 0 Å². The van der Waals surface area contributed by atoms with Gasteiger partial charge in [-0.15, -0.1) is 19.8 Å². The largest absolute Gasteiger partial charge is 0.854 e. The smallest absolute Gasteiger partial charge is 0.0667 e. The molecule has 0 spiro atoms. The maximum absolute atomic E-state index is 9.30. The topological polar surface area (TPSA) is 69.2 Å². The molecule has 0 rings (SSSR count). The summed E-state index contributed by atoms with van der Waals surface area (Å²) in [5.74, 6) is 0. The Morgan fingerprint density at radius 3 is 1.12 bits per heavy atom. The maximum Gasteiger partial charge on any atom is -0.0667 e. The van der Waals surface area contributed by atoms with E-state index in [0.29, 0.717) is 0 Å². The molecular weight excluding hydrogens is 323 g/mol.